The highest BCUT2D eigenvalue weighted by atomic mass is 16.2. The lowest BCUT2D eigenvalue weighted by Crippen LogP contribution is -2.51. The van der Waals surface area contributed by atoms with Crippen molar-refractivity contribution in [3.8, 4) is 6.07 Å². The molecule has 4 rings (SSSR count). The normalized spacial score (nSPS) is 24.8. The van der Waals surface area contributed by atoms with Gasteiger partial charge in [0.15, 0.2) is 0 Å². The number of rotatable bonds is 3. The first kappa shape index (κ1) is 18.2. The van der Waals surface area contributed by atoms with Gasteiger partial charge in [0.2, 0.25) is 5.91 Å². The molecule has 0 N–H and O–H groups in total. The van der Waals surface area contributed by atoms with Crippen LogP contribution in [0, 0.1) is 17.2 Å². The summed E-state index contributed by atoms with van der Waals surface area (Å²) in [5.74, 6) is 1.40. The number of anilines is 1. The Morgan fingerprint density at radius 2 is 1.85 bits per heavy atom. The Morgan fingerprint density at radius 3 is 2.59 bits per heavy atom. The smallest absolute Gasteiger partial charge is 0.226 e. The number of amides is 1. The van der Waals surface area contributed by atoms with Gasteiger partial charge in [0.25, 0.3) is 0 Å². The van der Waals surface area contributed by atoms with Gasteiger partial charge in [0.1, 0.15) is 11.9 Å². The van der Waals surface area contributed by atoms with Crippen LogP contribution in [0.4, 0.5) is 5.82 Å². The van der Waals surface area contributed by atoms with Crippen molar-refractivity contribution in [1.29, 1.82) is 5.26 Å². The lowest BCUT2D eigenvalue weighted by atomic mass is 9.93. The molecule has 6 nitrogen and oxygen atoms in total. The molecule has 6 heteroatoms. The second kappa shape index (κ2) is 8.26. The van der Waals surface area contributed by atoms with Gasteiger partial charge in [-0.25, -0.2) is 4.98 Å². The van der Waals surface area contributed by atoms with Crippen LogP contribution in [0.2, 0.25) is 0 Å². The quantitative estimate of drug-likeness (QED) is 0.820. The topological polar surface area (TPSA) is 63.5 Å². The molecule has 3 saturated heterocycles. The van der Waals surface area contributed by atoms with Crippen LogP contribution in [-0.2, 0) is 4.79 Å². The van der Waals surface area contributed by atoms with Crippen LogP contribution < -0.4 is 4.90 Å². The van der Waals surface area contributed by atoms with E-state index in [-0.39, 0.29) is 5.92 Å². The van der Waals surface area contributed by atoms with Crippen LogP contribution >= 0.6 is 0 Å². The third-order valence-corrected chi connectivity index (χ3v) is 6.41. The van der Waals surface area contributed by atoms with E-state index in [9.17, 15) is 10.1 Å². The Kier molecular flexibility index (Phi) is 5.58. The molecule has 0 spiro atoms. The Labute approximate surface area is 161 Å². The molecule has 3 aliphatic heterocycles. The average Bonchev–Trinajstić information content (AvgIpc) is 3.28. The van der Waals surface area contributed by atoms with Crippen LogP contribution in [0.25, 0.3) is 0 Å². The summed E-state index contributed by atoms with van der Waals surface area (Å²) < 4.78 is 0. The first-order valence-corrected chi connectivity index (χ1v) is 10.4. The molecule has 0 radical (unpaired) electrons. The predicted molar refractivity (Wildman–Crippen MR) is 104 cm³/mol. The largest absolute Gasteiger partial charge is 0.355 e. The standard InChI is InChI=1S/C21H29N5O/c22-15-17-5-3-9-23-20(17)24-13-7-19(8-14-24)26-12-4-6-18(16-26)21(27)25-10-1-2-11-25/h3,5,9,18-19H,1-2,4,6-8,10-14,16H2/t18-/m0/s1. The number of piperidine rings is 2. The van der Waals surface area contributed by atoms with Gasteiger partial charge < -0.3 is 9.80 Å². The van der Waals surface area contributed by atoms with E-state index < -0.39 is 0 Å². The van der Waals surface area contributed by atoms with Crippen molar-refractivity contribution in [3.63, 3.8) is 0 Å². The van der Waals surface area contributed by atoms with Crippen molar-refractivity contribution in [1.82, 2.24) is 14.8 Å². The number of nitriles is 1. The molecule has 3 fully saturated rings. The maximum Gasteiger partial charge on any atom is 0.226 e. The fourth-order valence-electron chi connectivity index (χ4n) is 4.91. The molecule has 1 atom stereocenters. The molecule has 144 valence electrons. The molecule has 1 amide bonds. The summed E-state index contributed by atoms with van der Waals surface area (Å²) in [4.78, 5) is 24.1. The Morgan fingerprint density at radius 1 is 1.07 bits per heavy atom. The summed E-state index contributed by atoms with van der Waals surface area (Å²) in [5, 5.41) is 9.32. The van der Waals surface area contributed by atoms with E-state index in [4.69, 9.17) is 0 Å². The molecule has 1 aromatic heterocycles. The summed E-state index contributed by atoms with van der Waals surface area (Å²) in [6.07, 6.45) is 8.42. The van der Waals surface area contributed by atoms with Gasteiger partial charge in [-0.1, -0.05) is 0 Å². The highest BCUT2D eigenvalue weighted by Crippen LogP contribution is 2.28. The minimum absolute atomic E-state index is 0.191. The molecule has 0 saturated carbocycles. The molecule has 0 unspecified atom stereocenters. The van der Waals surface area contributed by atoms with E-state index in [0.717, 1.165) is 70.8 Å². The molecule has 3 aliphatic rings. The SMILES string of the molecule is N#Cc1cccnc1N1CCC(N2CCC[C@H](C(=O)N3CCCC3)C2)CC1. The first-order valence-electron chi connectivity index (χ1n) is 10.4. The fraction of sp³-hybridized carbons (Fsp3) is 0.667. The van der Waals surface area contributed by atoms with E-state index in [2.05, 4.69) is 25.8 Å². The minimum Gasteiger partial charge on any atom is -0.355 e. The van der Waals surface area contributed by atoms with Crippen molar-refractivity contribution in [2.45, 2.75) is 44.6 Å². The Balaban J connectivity index is 1.34. The third kappa shape index (κ3) is 3.93. The van der Waals surface area contributed by atoms with E-state index in [1.54, 1.807) is 6.20 Å². The molecule has 0 aromatic carbocycles. The number of carbonyl (C=O) groups is 1. The summed E-state index contributed by atoms with van der Waals surface area (Å²) in [6, 6.07) is 6.46. The molecular weight excluding hydrogens is 338 g/mol. The van der Waals surface area contributed by atoms with Gasteiger partial charge in [-0.05, 0) is 57.2 Å². The maximum absolute atomic E-state index is 12.8. The van der Waals surface area contributed by atoms with E-state index in [0.29, 0.717) is 17.5 Å². The van der Waals surface area contributed by atoms with Crippen molar-refractivity contribution in [3.05, 3.63) is 23.9 Å². The van der Waals surface area contributed by atoms with Crippen molar-refractivity contribution in [2.75, 3.05) is 44.2 Å². The number of carbonyl (C=O) groups excluding carboxylic acids is 1. The zero-order chi connectivity index (χ0) is 18.6. The van der Waals surface area contributed by atoms with Gasteiger partial charge in [-0.3, -0.25) is 9.69 Å². The van der Waals surface area contributed by atoms with Crippen LogP contribution in [0.1, 0.15) is 44.1 Å². The zero-order valence-electron chi connectivity index (χ0n) is 16.0. The maximum atomic E-state index is 12.8. The Hall–Kier alpha value is -2.13. The van der Waals surface area contributed by atoms with Crippen molar-refractivity contribution in [2.24, 2.45) is 5.92 Å². The van der Waals surface area contributed by atoms with Crippen LogP contribution in [0.15, 0.2) is 18.3 Å². The Bertz CT molecular complexity index is 701. The number of nitrogens with zero attached hydrogens (tertiary/aromatic N) is 5. The fourth-order valence-corrected chi connectivity index (χ4v) is 4.91. The van der Waals surface area contributed by atoms with E-state index in [1.807, 2.05) is 12.1 Å². The van der Waals surface area contributed by atoms with Gasteiger partial charge in [-0.15, -0.1) is 0 Å². The first-order chi connectivity index (χ1) is 13.3. The lowest BCUT2D eigenvalue weighted by molar-refractivity contribution is -0.136. The van der Waals surface area contributed by atoms with Crippen LogP contribution in [0.5, 0.6) is 0 Å². The molecule has 0 aliphatic carbocycles. The molecule has 4 heterocycles. The van der Waals surface area contributed by atoms with Crippen LogP contribution in [-0.4, -0.2) is 66.0 Å². The summed E-state index contributed by atoms with van der Waals surface area (Å²) in [7, 11) is 0. The van der Waals surface area contributed by atoms with Gasteiger partial charge in [0, 0.05) is 45.0 Å². The van der Waals surface area contributed by atoms with Gasteiger partial charge >= 0.3 is 0 Å². The molecule has 1 aromatic rings. The van der Waals surface area contributed by atoms with Crippen molar-refractivity contribution < 1.29 is 4.79 Å². The zero-order valence-corrected chi connectivity index (χ0v) is 16.0. The summed E-state index contributed by atoms with van der Waals surface area (Å²) in [6.45, 7) is 5.81. The second-order valence-corrected chi connectivity index (χ2v) is 8.07. The second-order valence-electron chi connectivity index (χ2n) is 8.07. The number of likely N-dealkylation sites (tertiary alicyclic amines) is 2. The predicted octanol–water partition coefficient (Wildman–Crippen LogP) is 2.26. The molecule has 27 heavy (non-hydrogen) atoms. The van der Waals surface area contributed by atoms with E-state index >= 15 is 0 Å². The highest BCUT2D eigenvalue weighted by molar-refractivity contribution is 5.79. The number of aromatic nitrogens is 1. The average molecular weight is 367 g/mol. The molecular formula is C21H29N5O. The summed E-state index contributed by atoms with van der Waals surface area (Å²) in [5.41, 5.74) is 0.658. The molecule has 0 bridgehead atoms. The number of hydrogen-bond donors (Lipinski definition) is 0. The lowest BCUT2D eigenvalue weighted by Gasteiger charge is -2.42. The van der Waals surface area contributed by atoms with Crippen molar-refractivity contribution >= 4 is 11.7 Å². The van der Waals surface area contributed by atoms with Crippen LogP contribution in [0.3, 0.4) is 0 Å². The van der Waals surface area contributed by atoms with E-state index in [1.165, 1.54) is 12.8 Å². The highest BCUT2D eigenvalue weighted by Gasteiger charge is 2.34. The van der Waals surface area contributed by atoms with Gasteiger partial charge in [-0.2, -0.15) is 5.26 Å². The monoisotopic (exact) mass is 367 g/mol. The third-order valence-electron chi connectivity index (χ3n) is 6.41. The number of hydrogen-bond acceptors (Lipinski definition) is 5. The number of pyridine rings is 1. The summed E-state index contributed by atoms with van der Waals surface area (Å²) >= 11 is 0. The minimum atomic E-state index is 0.191. The van der Waals surface area contributed by atoms with Gasteiger partial charge in [0.05, 0.1) is 11.5 Å².